The molecule has 0 aliphatic carbocycles. The molecule has 0 amide bonds. The molecular weight excluding hydrogens is 300 g/mol. The largest absolute Gasteiger partial charge is 0.379 e. The first kappa shape index (κ1) is 17.4. The number of aryl methyl sites for hydroxylation is 1. The molecule has 2 rings (SSSR count). The lowest BCUT2D eigenvalue weighted by atomic mass is 10.1. The monoisotopic (exact) mass is 326 g/mol. The highest BCUT2D eigenvalue weighted by Crippen LogP contribution is 2.12. The van der Waals surface area contributed by atoms with Crippen molar-refractivity contribution in [2.45, 2.75) is 37.6 Å². The second-order valence-electron chi connectivity index (χ2n) is 5.74. The second kappa shape index (κ2) is 8.06. The number of benzene rings is 1. The van der Waals surface area contributed by atoms with Crippen LogP contribution in [0.3, 0.4) is 0 Å². The Labute approximate surface area is 133 Å². The van der Waals surface area contributed by atoms with Gasteiger partial charge in [-0.3, -0.25) is 4.90 Å². The van der Waals surface area contributed by atoms with Crippen LogP contribution in [0.2, 0.25) is 0 Å². The Morgan fingerprint density at radius 1 is 1.23 bits per heavy atom. The summed E-state index contributed by atoms with van der Waals surface area (Å²) < 4.78 is 32.7. The minimum atomic E-state index is -3.43. The first-order chi connectivity index (χ1) is 10.5. The molecule has 1 unspecified atom stereocenters. The van der Waals surface area contributed by atoms with Crippen LogP contribution in [-0.2, 0) is 21.2 Å². The van der Waals surface area contributed by atoms with Crippen molar-refractivity contribution >= 4 is 10.0 Å². The summed E-state index contributed by atoms with van der Waals surface area (Å²) in [5, 5.41) is 0. The molecule has 1 atom stereocenters. The van der Waals surface area contributed by atoms with Crippen LogP contribution in [0.15, 0.2) is 29.2 Å². The van der Waals surface area contributed by atoms with Gasteiger partial charge in [0.25, 0.3) is 0 Å². The van der Waals surface area contributed by atoms with Crippen molar-refractivity contribution in [2.75, 3.05) is 32.8 Å². The van der Waals surface area contributed by atoms with Crippen LogP contribution >= 0.6 is 0 Å². The van der Waals surface area contributed by atoms with Crippen LogP contribution in [-0.4, -0.2) is 52.2 Å². The van der Waals surface area contributed by atoms with E-state index in [9.17, 15) is 8.42 Å². The molecule has 6 heteroatoms. The zero-order chi connectivity index (χ0) is 16.0. The van der Waals surface area contributed by atoms with Crippen molar-refractivity contribution in [2.24, 2.45) is 0 Å². The van der Waals surface area contributed by atoms with E-state index in [4.69, 9.17) is 4.74 Å². The van der Waals surface area contributed by atoms with Crippen molar-refractivity contribution < 1.29 is 13.2 Å². The molecule has 0 saturated carbocycles. The molecule has 0 bridgehead atoms. The van der Waals surface area contributed by atoms with Crippen LogP contribution < -0.4 is 4.72 Å². The van der Waals surface area contributed by atoms with Gasteiger partial charge >= 0.3 is 0 Å². The average Bonchev–Trinajstić information content (AvgIpc) is 2.54. The molecule has 5 nitrogen and oxygen atoms in total. The number of ether oxygens (including phenoxy) is 1. The summed E-state index contributed by atoms with van der Waals surface area (Å²) in [6.45, 7) is 7.71. The summed E-state index contributed by atoms with van der Waals surface area (Å²) in [6.07, 6.45) is 2.03. The highest BCUT2D eigenvalue weighted by molar-refractivity contribution is 7.89. The molecule has 1 N–H and O–H groups in total. The van der Waals surface area contributed by atoms with Gasteiger partial charge in [0.15, 0.2) is 0 Å². The molecule has 0 aromatic heterocycles. The molecule has 22 heavy (non-hydrogen) atoms. The van der Waals surface area contributed by atoms with E-state index in [0.717, 1.165) is 39.1 Å². The van der Waals surface area contributed by atoms with Crippen molar-refractivity contribution in [3.05, 3.63) is 29.8 Å². The Balaban J connectivity index is 1.92. The molecule has 1 aliphatic rings. The van der Waals surface area contributed by atoms with E-state index >= 15 is 0 Å². The molecule has 0 radical (unpaired) electrons. The summed E-state index contributed by atoms with van der Waals surface area (Å²) >= 11 is 0. The predicted molar refractivity (Wildman–Crippen MR) is 87.5 cm³/mol. The van der Waals surface area contributed by atoms with E-state index in [1.165, 1.54) is 5.56 Å². The molecule has 1 fully saturated rings. The zero-order valence-corrected chi connectivity index (χ0v) is 14.2. The number of nitrogens with zero attached hydrogens (tertiary/aromatic N) is 1. The highest BCUT2D eigenvalue weighted by atomic mass is 32.2. The third-order valence-corrected chi connectivity index (χ3v) is 5.45. The van der Waals surface area contributed by atoms with Crippen LogP contribution in [0.25, 0.3) is 0 Å². The topological polar surface area (TPSA) is 58.6 Å². The maximum absolute atomic E-state index is 12.3. The van der Waals surface area contributed by atoms with Gasteiger partial charge in [-0.1, -0.05) is 25.5 Å². The van der Waals surface area contributed by atoms with Gasteiger partial charge in [-0.05, 0) is 31.0 Å². The lowest BCUT2D eigenvalue weighted by Gasteiger charge is -2.32. The maximum Gasteiger partial charge on any atom is 0.240 e. The number of rotatable bonds is 7. The molecule has 1 aliphatic heterocycles. The van der Waals surface area contributed by atoms with Crippen LogP contribution in [0, 0.1) is 0 Å². The van der Waals surface area contributed by atoms with Crippen LogP contribution in [0.1, 0.15) is 25.8 Å². The summed E-state index contributed by atoms with van der Waals surface area (Å²) in [4.78, 5) is 2.58. The Bertz CT molecular complexity index is 551. The number of hydrogen-bond donors (Lipinski definition) is 1. The van der Waals surface area contributed by atoms with Gasteiger partial charge in [-0.2, -0.15) is 0 Å². The van der Waals surface area contributed by atoms with Gasteiger partial charge < -0.3 is 4.74 Å². The average molecular weight is 326 g/mol. The van der Waals surface area contributed by atoms with E-state index in [2.05, 4.69) is 16.5 Å². The molecule has 1 saturated heterocycles. The van der Waals surface area contributed by atoms with Gasteiger partial charge in [0, 0.05) is 25.7 Å². The Hall–Kier alpha value is -0.950. The third kappa shape index (κ3) is 4.78. The van der Waals surface area contributed by atoms with Gasteiger partial charge in [-0.25, -0.2) is 13.1 Å². The lowest BCUT2D eigenvalue weighted by Crippen LogP contribution is -2.47. The van der Waals surface area contributed by atoms with E-state index < -0.39 is 10.0 Å². The zero-order valence-electron chi connectivity index (χ0n) is 13.4. The van der Waals surface area contributed by atoms with Crippen molar-refractivity contribution in [1.82, 2.24) is 9.62 Å². The quantitative estimate of drug-likeness (QED) is 0.827. The fourth-order valence-corrected chi connectivity index (χ4v) is 3.71. The number of morpholine rings is 1. The van der Waals surface area contributed by atoms with E-state index in [1.807, 2.05) is 19.1 Å². The number of hydrogen-bond acceptors (Lipinski definition) is 4. The lowest BCUT2D eigenvalue weighted by molar-refractivity contribution is 0.0213. The summed E-state index contributed by atoms with van der Waals surface area (Å²) in [7, 11) is -3.43. The van der Waals surface area contributed by atoms with Gasteiger partial charge in [0.2, 0.25) is 10.0 Å². The Morgan fingerprint density at radius 2 is 1.86 bits per heavy atom. The summed E-state index contributed by atoms with van der Waals surface area (Å²) in [6, 6.07) is 7.32. The highest BCUT2D eigenvalue weighted by Gasteiger charge is 2.20. The SMILES string of the molecule is CCCc1ccc(S(=O)(=O)NCC(C)N2CCOCC2)cc1. The molecular formula is C16H26N2O3S. The van der Waals surface area contributed by atoms with Crippen molar-refractivity contribution in [3.8, 4) is 0 Å². The first-order valence-electron chi connectivity index (χ1n) is 7.93. The fourth-order valence-electron chi connectivity index (χ4n) is 2.58. The molecule has 1 aromatic carbocycles. The van der Waals surface area contributed by atoms with Crippen molar-refractivity contribution in [3.63, 3.8) is 0 Å². The van der Waals surface area contributed by atoms with E-state index in [-0.39, 0.29) is 6.04 Å². The van der Waals surface area contributed by atoms with Crippen molar-refractivity contribution in [1.29, 1.82) is 0 Å². The maximum atomic E-state index is 12.3. The summed E-state index contributed by atoms with van der Waals surface area (Å²) in [5.74, 6) is 0. The fraction of sp³-hybridized carbons (Fsp3) is 0.625. The van der Waals surface area contributed by atoms with Crippen LogP contribution in [0.4, 0.5) is 0 Å². The summed E-state index contributed by atoms with van der Waals surface area (Å²) in [5.41, 5.74) is 1.17. The minimum Gasteiger partial charge on any atom is -0.379 e. The standard InChI is InChI=1S/C16H26N2O3S/c1-3-4-15-5-7-16(8-6-15)22(19,20)17-13-14(2)18-9-11-21-12-10-18/h5-8,14,17H,3-4,9-13H2,1-2H3. The van der Waals surface area contributed by atoms with Gasteiger partial charge in [-0.15, -0.1) is 0 Å². The predicted octanol–water partition coefficient (Wildman–Crippen LogP) is 1.64. The number of sulfonamides is 1. The minimum absolute atomic E-state index is 0.165. The van der Waals surface area contributed by atoms with Gasteiger partial charge in [0.05, 0.1) is 18.1 Å². The van der Waals surface area contributed by atoms with E-state index in [0.29, 0.717) is 11.4 Å². The molecule has 1 aromatic rings. The Morgan fingerprint density at radius 3 is 2.45 bits per heavy atom. The number of nitrogens with one attached hydrogen (secondary N) is 1. The van der Waals surface area contributed by atoms with Crippen LogP contribution in [0.5, 0.6) is 0 Å². The first-order valence-corrected chi connectivity index (χ1v) is 9.41. The Kier molecular flexibility index (Phi) is 6.37. The third-order valence-electron chi connectivity index (χ3n) is 4.01. The second-order valence-corrected chi connectivity index (χ2v) is 7.51. The smallest absolute Gasteiger partial charge is 0.240 e. The molecule has 1 heterocycles. The van der Waals surface area contributed by atoms with E-state index in [1.54, 1.807) is 12.1 Å². The molecule has 0 spiro atoms. The molecule has 124 valence electrons. The normalized spacial score (nSPS) is 18.3. The van der Waals surface area contributed by atoms with Gasteiger partial charge in [0.1, 0.15) is 0 Å².